The van der Waals surface area contributed by atoms with Gasteiger partial charge in [0.25, 0.3) is 10.0 Å². The Bertz CT molecular complexity index is 778. The largest absolute Gasteiger partial charge is 0.398 e. The number of hydrogen-bond donors (Lipinski definition) is 2. The smallest absolute Gasteiger partial charge is 0.264 e. The van der Waals surface area contributed by atoms with Crippen LogP contribution in [0.4, 0.5) is 11.4 Å². The predicted octanol–water partition coefficient (Wildman–Crippen LogP) is 3.65. The second-order valence-corrected chi connectivity index (χ2v) is 7.15. The molecule has 6 heteroatoms. The van der Waals surface area contributed by atoms with Crippen LogP contribution < -0.4 is 10.5 Å². The average molecular weight is 325 g/mol. The molecule has 0 aliphatic carbocycles. The normalized spacial score (nSPS) is 11.4. The molecule has 0 saturated heterocycles. The number of benzene rings is 2. The van der Waals surface area contributed by atoms with Crippen LogP contribution in [0.5, 0.6) is 0 Å². The van der Waals surface area contributed by atoms with E-state index in [1.54, 1.807) is 6.07 Å². The predicted molar refractivity (Wildman–Crippen MR) is 87.3 cm³/mol. The Morgan fingerprint density at radius 1 is 1.05 bits per heavy atom. The molecule has 4 nitrogen and oxygen atoms in total. The summed E-state index contributed by atoms with van der Waals surface area (Å²) in [7, 11) is -3.78. The van der Waals surface area contributed by atoms with Crippen LogP contribution in [0.1, 0.15) is 16.7 Å². The molecule has 112 valence electrons. The van der Waals surface area contributed by atoms with E-state index in [1.165, 1.54) is 12.1 Å². The van der Waals surface area contributed by atoms with Crippen molar-refractivity contribution >= 4 is 33.0 Å². The third kappa shape index (κ3) is 3.31. The Labute approximate surface area is 130 Å². The molecule has 0 aliphatic rings. The third-order valence-corrected chi connectivity index (χ3v) is 4.82. The Morgan fingerprint density at radius 2 is 1.62 bits per heavy atom. The van der Waals surface area contributed by atoms with E-state index in [-0.39, 0.29) is 10.6 Å². The standard InChI is InChI=1S/C15H17ClN2O2S/c1-9-6-10(2)15(11(3)7-9)18-21(19,20)14-8-12(16)4-5-13(14)17/h4-8,18H,17H2,1-3H3. The topological polar surface area (TPSA) is 72.2 Å². The highest BCUT2D eigenvalue weighted by molar-refractivity contribution is 7.92. The zero-order valence-corrected chi connectivity index (χ0v) is 13.6. The number of hydrogen-bond acceptors (Lipinski definition) is 3. The molecule has 0 aromatic heterocycles. The molecule has 0 atom stereocenters. The van der Waals surface area contributed by atoms with Crippen molar-refractivity contribution in [3.63, 3.8) is 0 Å². The van der Waals surface area contributed by atoms with Crippen molar-refractivity contribution in [3.05, 3.63) is 52.0 Å². The summed E-state index contributed by atoms with van der Waals surface area (Å²) in [6.07, 6.45) is 0. The van der Waals surface area contributed by atoms with Gasteiger partial charge in [0.2, 0.25) is 0 Å². The zero-order valence-electron chi connectivity index (χ0n) is 12.1. The second kappa shape index (κ2) is 5.58. The number of nitrogens with two attached hydrogens (primary N) is 1. The molecular formula is C15H17ClN2O2S. The summed E-state index contributed by atoms with van der Waals surface area (Å²) in [6, 6.07) is 8.22. The van der Waals surface area contributed by atoms with Gasteiger partial charge < -0.3 is 5.73 Å². The van der Waals surface area contributed by atoms with E-state index in [9.17, 15) is 8.42 Å². The monoisotopic (exact) mass is 324 g/mol. The molecule has 21 heavy (non-hydrogen) atoms. The summed E-state index contributed by atoms with van der Waals surface area (Å²) in [6.45, 7) is 5.69. The number of aryl methyl sites for hydroxylation is 3. The van der Waals surface area contributed by atoms with Crippen LogP contribution in [-0.4, -0.2) is 8.42 Å². The average Bonchev–Trinajstić information content (AvgIpc) is 2.36. The Kier molecular flexibility index (Phi) is 4.16. The van der Waals surface area contributed by atoms with Gasteiger partial charge in [0.15, 0.2) is 0 Å². The SMILES string of the molecule is Cc1cc(C)c(NS(=O)(=O)c2cc(Cl)ccc2N)c(C)c1. The minimum absolute atomic E-state index is 0.0191. The van der Waals surface area contributed by atoms with Crippen LogP contribution in [0.2, 0.25) is 5.02 Å². The number of anilines is 2. The van der Waals surface area contributed by atoms with Gasteiger partial charge in [-0.1, -0.05) is 29.3 Å². The van der Waals surface area contributed by atoms with Gasteiger partial charge in [0.05, 0.1) is 11.4 Å². The fourth-order valence-electron chi connectivity index (χ4n) is 2.27. The Hall–Kier alpha value is -1.72. The van der Waals surface area contributed by atoms with E-state index in [0.29, 0.717) is 10.7 Å². The summed E-state index contributed by atoms with van der Waals surface area (Å²) in [5.41, 5.74) is 9.28. The minimum atomic E-state index is -3.78. The van der Waals surface area contributed by atoms with Crippen molar-refractivity contribution in [2.75, 3.05) is 10.5 Å². The molecule has 2 aromatic rings. The lowest BCUT2D eigenvalue weighted by atomic mass is 10.1. The fraction of sp³-hybridized carbons (Fsp3) is 0.200. The highest BCUT2D eigenvalue weighted by Gasteiger charge is 2.20. The number of halogens is 1. The van der Waals surface area contributed by atoms with E-state index in [0.717, 1.165) is 16.7 Å². The van der Waals surface area contributed by atoms with E-state index in [2.05, 4.69) is 4.72 Å². The van der Waals surface area contributed by atoms with Crippen LogP contribution in [0.25, 0.3) is 0 Å². The molecule has 0 radical (unpaired) electrons. The molecule has 3 N–H and O–H groups in total. The molecule has 0 aliphatic heterocycles. The van der Waals surface area contributed by atoms with Crippen LogP contribution in [-0.2, 0) is 10.0 Å². The first kappa shape index (κ1) is 15.7. The maximum Gasteiger partial charge on any atom is 0.264 e. The molecule has 0 amide bonds. The van der Waals surface area contributed by atoms with Gasteiger partial charge in [-0.25, -0.2) is 8.42 Å². The number of rotatable bonds is 3. The molecule has 2 aromatic carbocycles. The van der Waals surface area contributed by atoms with E-state index in [4.69, 9.17) is 17.3 Å². The van der Waals surface area contributed by atoms with Crippen molar-refractivity contribution < 1.29 is 8.42 Å². The van der Waals surface area contributed by atoms with Gasteiger partial charge in [-0.3, -0.25) is 4.72 Å². The maximum absolute atomic E-state index is 12.5. The molecule has 0 saturated carbocycles. The lowest BCUT2D eigenvalue weighted by molar-refractivity contribution is 0.601. The summed E-state index contributed by atoms with van der Waals surface area (Å²) in [5, 5.41) is 0.321. The molecule has 0 heterocycles. The summed E-state index contributed by atoms with van der Waals surface area (Å²) in [5.74, 6) is 0. The lowest BCUT2D eigenvalue weighted by Crippen LogP contribution is -2.16. The molecule has 0 unspecified atom stereocenters. The number of nitrogen functional groups attached to an aromatic ring is 1. The molecule has 0 fully saturated rings. The van der Waals surface area contributed by atoms with Crippen LogP contribution in [0, 0.1) is 20.8 Å². The summed E-state index contributed by atoms with van der Waals surface area (Å²) >= 11 is 5.86. The van der Waals surface area contributed by atoms with Crippen molar-refractivity contribution in [2.24, 2.45) is 0 Å². The Morgan fingerprint density at radius 3 is 2.19 bits per heavy atom. The molecular weight excluding hydrogens is 308 g/mol. The lowest BCUT2D eigenvalue weighted by Gasteiger charge is -2.15. The van der Waals surface area contributed by atoms with Gasteiger partial charge in [-0.15, -0.1) is 0 Å². The van der Waals surface area contributed by atoms with Crippen molar-refractivity contribution in [1.82, 2.24) is 0 Å². The van der Waals surface area contributed by atoms with Crippen LogP contribution >= 0.6 is 11.6 Å². The first-order valence-corrected chi connectivity index (χ1v) is 8.22. The maximum atomic E-state index is 12.5. The van der Waals surface area contributed by atoms with Crippen LogP contribution in [0.3, 0.4) is 0 Å². The second-order valence-electron chi connectivity index (χ2n) is 5.06. The van der Waals surface area contributed by atoms with E-state index in [1.807, 2.05) is 32.9 Å². The van der Waals surface area contributed by atoms with Gasteiger partial charge in [-0.05, 0) is 50.1 Å². The number of sulfonamides is 1. The zero-order chi connectivity index (χ0) is 15.8. The van der Waals surface area contributed by atoms with E-state index >= 15 is 0 Å². The quantitative estimate of drug-likeness (QED) is 0.846. The van der Waals surface area contributed by atoms with Gasteiger partial charge in [0, 0.05) is 5.02 Å². The third-order valence-electron chi connectivity index (χ3n) is 3.18. The van der Waals surface area contributed by atoms with Crippen molar-refractivity contribution in [1.29, 1.82) is 0 Å². The summed E-state index contributed by atoms with van der Waals surface area (Å²) < 4.78 is 27.6. The molecule has 0 spiro atoms. The highest BCUT2D eigenvalue weighted by atomic mass is 35.5. The highest BCUT2D eigenvalue weighted by Crippen LogP contribution is 2.28. The van der Waals surface area contributed by atoms with Crippen LogP contribution in [0.15, 0.2) is 35.2 Å². The number of nitrogens with one attached hydrogen (secondary N) is 1. The Balaban J connectivity index is 2.50. The van der Waals surface area contributed by atoms with Crippen molar-refractivity contribution in [2.45, 2.75) is 25.7 Å². The molecule has 2 rings (SSSR count). The minimum Gasteiger partial charge on any atom is -0.398 e. The van der Waals surface area contributed by atoms with Gasteiger partial charge in [0.1, 0.15) is 4.90 Å². The summed E-state index contributed by atoms with van der Waals surface area (Å²) in [4.78, 5) is -0.0191. The first-order chi connectivity index (χ1) is 9.70. The van der Waals surface area contributed by atoms with Crippen molar-refractivity contribution in [3.8, 4) is 0 Å². The van der Waals surface area contributed by atoms with Gasteiger partial charge in [-0.2, -0.15) is 0 Å². The van der Waals surface area contributed by atoms with Gasteiger partial charge >= 0.3 is 0 Å². The fourth-order valence-corrected chi connectivity index (χ4v) is 3.87. The van der Waals surface area contributed by atoms with E-state index < -0.39 is 10.0 Å². The molecule has 0 bridgehead atoms. The first-order valence-electron chi connectivity index (χ1n) is 6.36.